The van der Waals surface area contributed by atoms with Crippen LogP contribution in [-0.2, 0) is 62.8 Å². The van der Waals surface area contributed by atoms with Crippen molar-refractivity contribution in [2.24, 2.45) is 10.7 Å². The number of ether oxygens (including phenoxy) is 4. The van der Waals surface area contributed by atoms with Crippen LogP contribution in [0.3, 0.4) is 0 Å². The zero-order chi connectivity index (χ0) is 46.9. The summed E-state index contributed by atoms with van der Waals surface area (Å²) in [5, 5.41) is 2.45. The van der Waals surface area contributed by atoms with Crippen LogP contribution in [0.25, 0.3) is 11.2 Å². The molecule has 2 aliphatic carbocycles. The molecule has 5 atom stereocenters. The number of carbonyl (C=O) groups is 2. The number of rotatable bonds is 15. The number of nitrogen functional groups attached to an aromatic ring is 2. The van der Waals surface area contributed by atoms with Gasteiger partial charge < -0.3 is 77.3 Å². The van der Waals surface area contributed by atoms with Gasteiger partial charge in [0.25, 0.3) is 8.97 Å². The smallest absolute Gasteiger partial charge is 0.480 e. The van der Waals surface area contributed by atoms with Crippen molar-refractivity contribution >= 4 is 74.7 Å². The van der Waals surface area contributed by atoms with E-state index < -0.39 is 52.0 Å². The Kier molecular flexibility index (Phi) is 34.1. The fourth-order valence-corrected chi connectivity index (χ4v) is 7.20. The van der Waals surface area contributed by atoms with Crippen LogP contribution in [0.15, 0.2) is 24.0 Å². The summed E-state index contributed by atoms with van der Waals surface area (Å²) in [5.74, 6) is -0.258. The van der Waals surface area contributed by atoms with E-state index in [4.69, 9.17) is 52.6 Å². The molecule has 0 spiro atoms. The Hall–Kier alpha value is -2.18. The van der Waals surface area contributed by atoms with Crippen molar-refractivity contribution in [1.82, 2.24) is 34.6 Å². The second-order valence-corrected chi connectivity index (χ2v) is 17.8. The first-order valence-corrected chi connectivity index (χ1v) is 23.0. The maximum absolute atomic E-state index is 12.4. The van der Waals surface area contributed by atoms with Gasteiger partial charge in [-0.05, 0) is 84.3 Å². The third-order valence-corrected chi connectivity index (χ3v) is 10.3. The van der Waals surface area contributed by atoms with Crippen LogP contribution in [0, 0.1) is 13.1 Å². The molecule has 1 radical (unpaired) electrons. The second-order valence-electron chi connectivity index (χ2n) is 14.3. The summed E-state index contributed by atoms with van der Waals surface area (Å²) >= 11 is 0. The normalized spacial score (nSPS) is 16.7. The molecule has 359 valence electrons. The maximum atomic E-state index is 12.4. The number of hydrogen-bond donors (Lipinski definition) is 7. The van der Waals surface area contributed by atoms with Gasteiger partial charge in [-0.3, -0.25) is 23.4 Å². The molecule has 0 aliphatic heterocycles. The van der Waals surface area contributed by atoms with E-state index >= 15 is 0 Å². The molecule has 0 amide bonds. The van der Waals surface area contributed by atoms with Crippen molar-refractivity contribution in [2.45, 2.75) is 135 Å². The summed E-state index contributed by atoms with van der Waals surface area (Å²) in [6.45, 7) is 15.2. The zero-order valence-corrected chi connectivity index (χ0v) is 42.8. The number of hydrogen-bond acceptors (Lipinski definition) is 17. The van der Waals surface area contributed by atoms with Crippen molar-refractivity contribution in [3.8, 4) is 0 Å². The standard InChI is InChI=1S/C18H29N6O5P.C9H17NO2.C5H4N4.C4H10O4P.ClH.FH.Na.V/c1-12(8-24-10-22-15-16(19)20-9-21-17(15)24)28-11-30(26,27)23-13(2)18(25)29-14-6-4-3-5-7-14;1-7(10)9(11)12-8-5-3-2-4-6-8;1-7-4-2-8-3-9-5(4)6;1-4(2)8-3-9(5,6)7;;;;/h9-10,12-14H,3-8,11H2,1-2H3,(H2,19,20,21)(H2,23,26,27);7-8H,2-6,10H2,1H3;1,3H,(H2,6,8,9);4H,1,3H2,2H3,(H2,5,6,7);2*1H;;/q;;-2;-1;;;+1;/t12-,13+;7-;;4-;;;;/m10.0..../s1/i/hT. The number of carbonyl (C=O) groups excluding carboxylic acids is 2. The number of aromatic nitrogens is 6. The van der Waals surface area contributed by atoms with Gasteiger partial charge in [0, 0.05) is 18.6 Å². The Morgan fingerprint density at radius 3 is 1.92 bits per heavy atom. The third-order valence-electron chi connectivity index (χ3n) is 8.53. The fourth-order valence-electron chi connectivity index (χ4n) is 5.51. The molecule has 22 nitrogen and oxygen atoms in total. The van der Waals surface area contributed by atoms with E-state index in [1.54, 1.807) is 31.7 Å². The molecule has 5 rings (SSSR count). The molecular weight excluding hydrogens is 953 g/mol. The van der Waals surface area contributed by atoms with E-state index in [-0.39, 0.29) is 102 Å². The van der Waals surface area contributed by atoms with Gasteiger partial charge in [0.1, 0.15) is 48.8 Å². The van der Waals surface area contributed by atoms with Crippen LogP contribution < -0.4 is 51.8 Å². The summed E-state index contributed by atoms with van der Waals surface area (Å²) in [6, 6.07) is -1.38. The molecule has 3 aromatic rings. The summed E-state index contributed by atoms with van der Waals surface area (Å²) in [5.41, 5.74) is 17.8. The Morgan fingerprint density at radius 2 is 1.47 bits per heavy atom. The summed E-state index contributed by atoms with van der Waals surface area (Å²) < 4.78 is 57.9. The molecule has 0 bridgehead atoms. The van der Waals surface area contributed by atoms with Crippen LogP contribution in [0.2, 0.25) is 0 Å². The molecule has 0 saturated heterocycles. The number of imidazole rings is 1. The van der Waals surface area contributed by atoms with Gasteiger partial charge in [0.2, 0.25) is 0 Å². The van der Waals surface area contributed by atoms with Gasteiger partial charge in [-0.2, -0.15) is 18.6 Å². The number of halogens is 2. The first-order chi connectivity index (χ1) is 29.2. The third kappa shape index (κ3) is 27.5. The van der Waals surface area contributed by atoms with Gasteiger partial charge in [-0.15, -0.1) is 12.4 Å². The SMILES string of the molecule is C[C@H](Cn1cnc2c(N)ncnc21)OCP(=O)(O)N[C@@H](C)C(=O)OC1CCCCC1.C[C@H](N)C(=O)OC1CCCCC1.Cl.[3H]F.[CH-]=Nc1[c-]ncnc1N.[CH2-][C@@H](C)OCP(=O)(O)O.[Na+].[V]. The minimum atomic E-state index is -3.98. The first-order valence-electron chi connectivity index (χ1n) is 19.8. The van der Waals surface area contributed by atoms with Crippen molar-refractivity contribution in [1.29, 1.82) is 1.45 Å². The molecule has 0 aromatic carbocycles. The summed E-state index contributed by atoms with van der Waals surface area (Å²) in [7, 11) is -7.88. The molecule has 1 unspecified atom stereocenters. The van der Waals surface area contributed by atoms with Gasteiger partial charge in [-0.25, -0.2) is 20.0 Å². The molecule has 3 aromatic heterocycles. The number of fused-ring (bicyclic) bond motifs is 1. The average molecular weight is 1020 g/mol. The maximum Gasteiger partial charge on any atom is 1.00 e. The van der Waals surface area contributed by atoms with Gasteiger partial charge >= 0.3 is 49.1 Å². The molecule has 2 saturated carbocycles. The predicted molar refractivity (Wildman–Crippen MR) is 233 cm³/mol. The van der Waals surface area contributed by atoms with Crippen molar-refractivity contribution in [3.63, 3.8) is 0 Å². The van der Waals surface area contributed by atoms with E-state index in [0.717, 1.165) is 44.9 Å². The van der Waals surface area contributed by atoms with Gasteiger partial charge in [0.15, 0.2) is 11.5 Å². The Bertz CT molecular complexity index is 1890. The van der Waals surface area contributed by atoms with E-state index in [2.05, 4.69) is 54.3 Å². The molecule has 2 fully saturated rings. The Balaban J connectivity index is -0.000000905. The molecule has 10 N–H and O–H groups in total. The van der Waals surface area contributed by atoms with Crippen LogP contribution in [-0.4, -0.2) is 113 Å². The molecule has 2 aliphatic rings. The van der Waals surface area contributed by atoms with E-state index in [9.17, 15) is 23.6 Å². The number of esters is 2. The van der Waals surface area contributed by atoms with E-state index in [1.807, 2.05) is 0 Å². The van der Waals surface area contributed by atoms with E-state index in [0.29, 0.717) is 17.7 Å². The number of anilines is 2. The minimum Gasteiger partial charge on any atom is -0.480 e. The van der Waals surface area contributed by atoms with Crippen molar-refractivity contribution in [3.05, 3.63) is 32.1 Å². The summed E-state index contributed by atoms with van der Waals surface area (Å²) in [6.07, 6.45) is 15.5. The largest absolute Gasteiger partial charge is 1.00 e. The topological polar surface area (TPSA) is 338 Å². The zero-order valence-electron chi connectivity index (χ0n) is 37.8. The Morgan fingerprint density at radius 1 is 0.938 bits per heavy atom. The quantitative estimate of drug-likeness (QED) is 0.0367. The van der Waals surface area contributed by atoms with Crippen LogP contribution in [0.4, 0.5) is 22.0 Å². The van der Waals surface area contributed by atoms with Crippen molar-refractivity contribution in [2.75, 3.05) is 24.2 Å². The Labute approximate surface area is 415 Å². The molecule has 64 heavy (non-hydrogen) atoms. The number of nitrogens with one attached hydrogen (secondary N) is 1. The minimum absolute atomic E-state index is 0. The van der Waals surface area contributed by atoms with Crippen LogP contribution in [0.5, 0.6) is 0 Å². The van der Waals surface area contributed by atoms with Gasteiger partial charge in [-0.1, -0.05) is 25.9 Å². The number of nitrogens with two attached hydrogens (primary N) is 3. The monoisotopic (exact) mass is 1020 g/mol. The van der Waals surface area contributed by atoms with E-state index in [1.165, 1.54) is 38.8 Å². The molecule has 3 heterocycles. The molecular formula is C36H62ClFN11NaO11P2V-2. The number of aliphatic imine (C=N–C) groups is 1. The molecule has 28 heteroatoms. The summed E-state index contributed by atoms with van der Waals surface area (Å²) in [4.78, 5) is 72.5. The predicted octanol–water partition coefficient (Wildman–Crippen LogP) is 1.02. The first kappa shape index (κ1) is 63.9. The average Bonchev–Trinajstić information content (AvgIpc) is 3.65. The van der Waals surface area contributed by atoms with Crippen LogP contribution in [0.1, 0.15) is 91.9 Å². The van der Waals surface area contributed by atoms with Gasteiger partial charge in [0.05, 0.1) is 19.0 Å². The fraction of sp³-hybridized carbons (Fsp3) is 0.639. The van der Waals surface area contributed by atoms with Crippen molar-refractivity contribution < 1.29 is 105 Å². The number of nitrogens with zero attached hydrogens (tertiary/aromatic N) is 7. The second kappa shape index (κ2) is 34.2. The van der Waals surface area contributed by atoms with Crippen LogP contribution >= 0.6 is 27.5 Å².